The van der Waals surface area contributed by atoms with Crippen LogP contribution in [0.5, 0.6) is 0 Å². The molecule has 1 unspecified atom stereocenters. The van der Waals surface area contributed by atoms with Gasteiger partial charge in [-0.25, -0.2) is 4.98 Å². The van der Waals surface area contributed by atoms with Crippen molar-refractivity contribution < 1.29 is 19.5 Å². The van der Waals surface area contributed by atoms with Crippen molar-refractivity contribution in [3.8, 4) is 0 Å². The van der Waals surface area contributed by atoms with Crippen LogP contribution in [0.15, 0.2) is 59.9 Å². The van der Waals surface area contributed by atoms with Gasteiger partial charge in [-0.1, -0.05) is 45.0 Å². The second-order valence-electron chi connectivity index (χ2n) is 9.92. The van der Waals surface area contributed by atoms with Gasteiger partial charge in [-0.3, -0.25) is 19.3 Å². The fourth-order valence-corrected chi connectivity index (χ4v) is 5.23. The van der Waals surface area contributed by atoms with Crippen molar-refractivity contribution >= 4 is 40.3 Å². The second-order valence-corrected chi connectivity index (χ2v) is 11.1. The van der Waals surface area contributed by atoms with Crippen molar-refractivity contribution in [3.63, 3.8) is 0 Å². The molecule has 36 heavy (non-hydrogen) atoms. The molecule has 0 radical (unpaired) electrons. The lowest BCUT2D eigenvalue weighted by atomic mass is 9.85. The van der Waals surface area contributed by atoms with E-state index in [1.165, 1.54) is 23.2 Å². The first-order valence-corrected chi connectivity index (χ1v) is 12.4. The number of Topliss-reactive ketones (excluding diaryl/α,β-unsaturated/α-hetero) is 1. The van der Waals surface area contributed by atoms with E-state index in [1.54, 1.807) is 31.2 Å². The van der Waals surface area contributed by atoms with Crippen LogP contribution in [0.3, 0.4) is 0 Å². The number of amides is 2. The molecule has 2 heterocycles. The van der Waals surface area contributed by atoms with Crippen molar-refractivity contribution in [2.45, 2.75) is 53.0 Å². The Morgan fingerprint density at radius 3 is 2.14 bits per heavy atom. The Labute approximate surface area is 214 Å². The van der Waals surface area contributed by atoms with Gasteiger partial charge < -0.3 is 10.4 Å². The highest BCUT2D eigenvalue weighted by Crippen LogP contribution is 2.43. The maximum atomic E-state index is 13.7. The minimum absolute atomic E-state index is 0.0289. The van der Waals surface area contributed by atoms with Gasteiger partial charge in [-0.15, -0.1) is 11.3 Å². The summed E-state index contributed by atoms with van der Waals surface area (Å²) in [6, 6.07) is 13.7. The van der Waals surface area contributed by atoms with Crippen molar-refractivity contribution in [1.29, 1.82) is 0 Å². The van der Waals surface area contributed by atoms with Gasteiger partial charge in [0.15, 0.2) is 5.76 Å². The molecule has 1 aliphatic heterocycles. The maximum absolute atomic E-state index is 13.7. The Bertz CT molecular complexity index is 1380. The molecule has 0 saturated heterocycles. The number of aliphatic hydroxyl groups is 1. The van der Waals surface area contributed by atoms with E-state index in [9.17, 15) is 19.5 Å². The van der Waals surface area contributed by atoms with E-state index in [2.05, 4.69) is 31.1 Å². The van der Waals surface area contributed by atoms with E-state index in [4.69, 9.17) is 0 Å². The Balaban J connectivity index is 1.84. The molecule has 0 spiro atoms. The number of aliphatic hydroxyl groups excluding tert-OH is 1. The number of aromatic nitrogens is 1. The molecule has 7 nitrogen and oxygen atoms in total. The van der Waals surface area contributed by atoms with E-state index in [-0.39, 0.29) is 16.9 Å². The van der Waals surface area contributed by atoms with E-state index in [0.29, 0.717) is 27.5 Å². The number of thiazole rings is 1. The van der Waals surface area contributed by atoms with Gasteiger partial charge >= 0.3 is 0 Å². The molecule has 1 aliphatic rings. The average molecular weight is 504 g/mol. The number of carbonyl (C=O) groups excluding carboxylic acids is 3. The highest BCUT2D eigenvalue weighted by Gasteiger charge is 2.45. The highest BCUT2D eigenvalue weighted by molar-refractivity contribution is 7.14. The molecule has 4 rings (SSSR count). The molecular weight excluding hydrogens is 474 g/mol. The second kappa shape index (κ2) is 9.35. The number of anilines is 2. The lowest BCUT2D eigenvalue weighted by molar-refractivity contribution is -0.117. The largest absolute Gasteiger partial charge is 0.503 e. The minimum atomic E-state index is -0.826. The molecule has 3 aromatic rings. The monoisotopic (exact) mass is 503 g/mol. The molecule has 1 aromatic heterocycles. The summed E-state index contributed by atoms with van der Waals surface area (Å²) in [7, 11) is 0. The summed E-state index contributed by atoms with van der Waals surface area (Å²) in [5.74, 6) is -1.85. The highest BCUT2D eigenvalue weighted by atomic mass is 32.1. The van der Waals surface area contributed by atoms with Crippen molar-refractivity contribution in [3.05, 3.63) is 86.6 Å². The number of nitrogens with zero attached hydrogens (tertiary/aromatic N) is 2. The normalized spacial score (nSPS) is 16.0. The predicted octanol–water partition coefficient (Wildman–Crippen LogP) is 5.80. The minimum Gasteiger partial charge on any atom is -0.503 e. The fourth-order valence-electron chi connectivity index (χ4n) is 4.36. The summed E-state index contributed by atoms with van der Waals surface area (Å²) in [5.41, 5.74) is 3.40. The fraction of sp³-hybridized carbons (Fsp3) is 0.286. The summed E-state index contributed by atoms with van der Waals surface area (Å²) < 4.78 is 0. The van der Waals surface area contributed by atoms with Crippen LogP contribution in [-0.2, 0) is 15.0 Å². The van der Waals surface area contributed by atoms with Crippen LogP contribution in [0, 0.1) is 13.8 Å². The van der Waals surface area contributed by atoms with Crippen LogP contribution in [0.1, 0.15) is 65.2 Å². The van der Waals surface area contributed by atoms with E-state index in [0.717, 1.165) is 10.6 Å². The molecule has 2 aromatic carbocycles. The Morgan fingerprint density at radius 1 is 1.03 bits per heavy atom. The van der Waals surface area contributed by atoms with Crippen LogP contribution in [0.4, 0.5) is 11.4 Å². The lowest BCUT2D eigenvalue weighted by Crippen LogP contribution is -2.31. The molecule has 186 valence electrons. The quantitative estimate of drug-likeness (QED) is 0.429. The number of ketones is 1. The van der Waals surface area contributed by atoms with Gasteiger partial charge in [0.2, 0.25) is 11.7 Å². The molecule has 0 aliphatic carbocycles. The third kappa shape index (κ3) is 4.68. The van der Waals surface area contributed by atoms with Gasteiger partial charge in [0.1, 0.15) is 0 Å². The Kier molecular flexibility index (Phi) is 6.58. The summed E-state index contributed by atoms with van der Waals surface area (Å²) in [5, 5.41) is 14.4. The molecule has 0 fully saturated rings. The first-order valence-electron chi connectivity index (χ1n) is 11.6. The Morgan fingerprint density at radius 2 is 1.64 bits per heavy atom. The maximum Gasteiger partial charge on any atom is 0.294 e. The van der Waals surface area contributed by atoms with Gasteiger partial charge in [0, 0.05) is 18.3 Å². The summed E-state index contributed by atoms with van der Waals surface area (Å²) in [6.07, 6.45) is 0. The van der Waals surface area contributed by atoms with Gasteiger partial charge in [0.05, 0.1) is 27.2 Å². The average Bonchev–Trinajstić information content (AvgIpc) is 3.28. The number of rotatable bonds is 5. The van der Waals surface area contributed by atoms with Gasteiger partial charge in [-0.2, -0.15) is 0 Å². The van der Waals surface area contributed by atoms with E-state index in [1.807, 2.05) is 31.2 Å². The number of nitrogens with one attached hydrogen (secondary N) is 1. The third-order valence-corrected chi connectivity index (χ3v) is 7.19. The number of carbonyl (C=O) groups is 3. The smallest absolute Gasteiger partial charge is 0.294 e. The Hall–Kier alpha value is -3.78. The van der Waals surface area contributed by atoms with E-state index < -0.39 is 23.5 Å². The molecule has 0 bridgehead atoms. The van der Waals surface area contributed by atoms with Crippen molar-refractivity contribution in [2.75, 3.05) is 10.2 Å². The first-order chi connectivity index (χ1) is 16.9. The predicted molar refractivity (Wildman–Crippen MR) is 142 cm³/mol. The van der Waals surface area contributed by atoms with Crippen molar-refractivity contribution in [1.82, 2.24) is 4.98 Å². The van der Waals surface area contributed by atoms with Crippen LogP contribution in [0.25, 0.3) is 0 Å². The zero-order valence-electron chi connectivity index (χ0n) is 21.2. The topological polar surface area (TPSA) is 99.6 Å². The third-order valence-electron chi connectivity index (χ3n) is 6.12. The number of hydrogen-bond donors (Lipinski definition) is 2. The van der Waals surface area contributed by atoms with Crippen LogP contribution < -0.4 is 10.2 Å². The SMILES string of the molecule is CC(=O)Nc1ccc(N2C(=O)C(O)=C(C(=O)c3sc(C)nc3C)C2c2ccc(C(C)(C)C)cc2)cc1. The van der Waals surface area contributed by atoms with Crippen LogP contribution in [0.2, 0.25) is 0 Å². The standard InChI is InChI=1S/C28H29N3O4S/c1-15-26(36-17(3)29-15)24(33)22-23(18-7-9-19(10-8-18)28(4,5)6)31(27(35)25(22)34)21-13-11-20(12-14-21)30-16(2)32/h7-14,23,34H,1-6H3,(H,30,32). The van der Waals surface area contributed by atoms with Gasteiger partial charge in [-0.05, 0) is 54.7 Å². The zero-order valence-corrected chi connectivity index (χ0v) is 22.0. The molecule has 2 N–H and O–H groups in total. The lowest BCUT2D eigenvalue weighted by Gasteiger charge is -2.28. The van der Waals surface area contributed by atoms with Gasteiger partial charge in [0.25, 0.3) is 5.91 Å². The number of benzene rings is 2. The molecule has 2 amide bonds. The van der Waals surface area contributed by atoms with Crippen LogP contribution in [-0.4, -0.2) is 27.7 Å². The molecule has 0 saturated carbocycles. The number of hydrogen-bond acceptors (Lipinski definition) is 6. The van der Waals surface area contributed by atoms with Crippen molar-refractivity contribution in [2.24, 2.45) is 0 Å². The number of aryl methyl sites for hydroxylation is 2. The molecule has 8 heteroatoms. The summed E-state index contributed by atoms with van der Waals surface area (Å²) >= 11 is 1.24. The van der Waals surface area contributed by atoms with Crippen LogP contribution >= 0.6 is 11.3 Å². The molecular formula is C28H29N3O4S. The first kappa shape index (κ1) is 25.3. The zero-order chi connectivity index (χ0) is 26.4. The van der Waals surface area contributed by atoms with E-state index >= 15 is 0 Å². The molecule has 1 atom stereocenters. The summed E-state index contributed by atoms with van der Waals surface area (Å²) in [4.78, 5) is 44.7. The summed E-state index contributed by atoms with van der Waals surface area (Å²) in [6.45, 7) is 11.3.